The van der Waals surface area contributed by atoms with Crippen LogP contribution in [0.2, 0.25) is 0 Å². The van der Waals surface area contributed by atoms with Crippen molar-refractivity contribution in [3.63, 3.8) is 0 Å². The van der Waals surface area contributed by atoms with Crippen LogP contribution in [0.4, 0.5) is 5.13 Å². The first kappa shape index (κ1) is 23.5. The van der Waals surface area contributed by atoms with E-state index in [9.17, 15) is 4.79 Å². The summed E-state index contributed by atoms with van der Waals surface area (Å²) in [6.45, 7) is 0.278. The monoisotopic (exact) mass is 495 g/mol. The Morgan fingerprint density at radius 1 is 0.833 bits per heavy atom. The summed E-state index contributed by atoms with van der Waals surface area (Å²) in [5, 5.41) is 0.556. The maximum atomic E-state index is 14.4. The zero-order chi connectivity index (χ0) is 24.9. The number of aromatic nitrogens is 2. The van der Waals surface area contributed by atoms with E-state index in [0.717, 1.165) is 21.5 Å². The van der Waals surface area contributed by atoms with E-state index in [1.165, 1.54) is 11.3 Å². The Balaban J connectivity index is 1.66. The lowest BCUT2D eigenvalue weighted by molar-refractivity contribution is -0.119. The summed E-state index contributed by atoms with van der Waals surface area (Å²) in [4.78, 5) is 25.5. The van der Waals surface area contributed by atoms with Crippen molar-refractivity contribution in [1.29, 1.82) is 0 Å². The molecule has 5 aromatic rings. The number of benzene rings is 3. The third kappa shape index (κ3) is 4.65. The van der Waals surface area contributed by atoms with Crippen LogP contribution in [-0.4, -0.2) is 30.1 Å². The van der Waals surface area contributed by atoms with Gasteiger partial charge in [0.2, 0.25) is 5.91 Å². The highest BCUT2D eigenvalue weighted by atomic mass is 32.1. The third-order valence-electron chi connectivity index (χ3n) is 5.95. The predicted molar refractivity (Wildman–Crippen MR) is 143 cm³/mol. The lowest BCUT2D eigenvalue weighted by Gasteiger charge is -2.26. The average Bonchev–Trinajstić information content (AvgIpc) is 3.38. The highest BCUT2D eigenvalue weighted by molar-refractivity contribution is 7.22. The second kappa shape index (κ2) is 10.6. The molecule has 0 N–H and O–H groups in total. The van der Waals surface area contributed by atoms with Gasteiger partial charge < -0.3 is 9.47 Å². The Bertz CT molecular complexity index is 1380. The van der Waals surface area contributed by atoms with Gasteiger partial charge in [-0.1, -0.05) is 78.1 Å². The molecule has 36 heavy (non-hydrogen) atoms. The van der Waals surface area contributed by atoms with E-state index >= 15 is 0 Å². The summed E-state index contributed by atoms with van der Waals surface area (Å²) in [7, 11) is 3.23. The van der Waals surface area contributed by atoms with Crippen LogP contribution in [0, 0.1) is 0 Å². The van der Waals surface area contributed by atoms with E-state index in [0.29, 0.717) is 22.1 Å². The van der Waals surface area contributed by atoms with Crippen LogP contribution in [0.15, 0.2) is 97.2 Å². The summed E-state index contributed by atoms with van der Waals surface area (Å²) in [6.07, 6.45) is 1.73. The third-order valence-corrected chi connectivity index (χ3v) is 7.05. The van der Waals surface area contributed by atoms with Crippen molar-refractivity contribution in [1.82, 2.24) is 9.97 Å². The molecule has 2 heterocycles. The van der Waals surface area contributed by atoms with Gasteiger partial charge in [-0.15, -0.1) is 0 Å². The fourth-order valence-corrected chi connectivity index (χ4v) is 5.29. The largest absolute Gasteiger partial charge is 0.495 e. The Hall–Kier alpha value is -4.23. The van der Waals surface area contributed by atoms with E-state index in [-0.39, 0.29) is 12.5 Å². The van der Waals surface area contributed by atoms with Gasteiger partial charge >= 0.3 is 0 Å². The topological polar surface area (TPSA) is 64.6 Å². The second-order valence-electron chi connectivity index (χ2n) is 8.14. The minimum Gasteiger partial charge on any atom is -0.495 e. The number of carbonyl (C=O) groups excluding carboxylic acids is 1. The second-order valence-corrected chi connectivity index (χ2v) is 9.12. The van der Waals surface area contributed by atoms with Gasteiger partial charge in [-0.25, -0.2) is 4.98 Å². The molecule has 0 aliphatic heterocycles. The number of carbonyl (C=O) groups is 1. The molecule has 0 bridgehead atoms. The van der Waals surface area contributed by atoms with Crippen molar-refractivity contribution in [2.75, 3.05) is 19.1 Å². The molecule has 180 valence electrons. The molecule has 7 heteroatoms. The van der Waals surface area contributed by atoms with E-state index in [4.69, 9.17) is 14.5 Å². The van der Waals surface area contributed by atoms with Crippen LogP contribution in [-0.2, 0) is 11.3 Å². The molecule has 5 rings (SSSR count). The molecule has 0 saturated carbocycles. The Labute approximate surface area is 213 Å². The number of hydrogen-bond donors (Lipinski definition) is 0. The van der Waals surface area contributed by atoms with Gasteiger partial charge in [0.1, 0.15) is 21.7 Å². The minimum absolute atomic E-state index is 0.0879. The van der Waals surface area contributed by atoms with E-state index < -0.39 is 5.92 Å². The molecular weight excluding hydrogens is 470 g/mol. The van der Waals surface area contributed by atoms with Gasteiger partial charge in [-0.3, -0.25) is 14.7 Å². The fraction of sp³-hybridized carbons (Fsp3) is 0.138. The zero-order valence-corrected chi connectivity index (χ0v) is 20.8. The van der Waals surface area contributed by atoms with Gasteiger partial charge in [0.25, 0.3) is 0 Å². The van der Waals surface area contributed by atoms with Crippen molar-refractivity contribution in [2.24, 2.45) is 0 Å². The van der Waals surface area contributed by atoms with Crippen molar-refractivity contribution >= 4 is 32.6 Å². The lowest BCUT2D eigenvalue weighted by atomic mass is 9.90. The first-order valence-electron chi connectivity index (χ1n) is 11.5. The van der Waals surface area contributed by atoms with Crippen molar-refractivity contribution in [3.8, 4) is 11.5 Å². The summed E-state index contributed by atoms with van der Waals surface area (Å²) in [6, 6.07) is 29.0. The SMILES string of the molecule is COc1ccc(OC)c2sc(N(Cc3ccccn3)C(=O)C(c3ccccc3)c3ccccc3)nc12. The van der Waals surface area contributed by atoms with Gasteiger partial charge in [-0.2, -0.15) is 0 Å². The molecule has 0 spiro atoms. The maximum Gasteiger partial charge on any atom is 0.241 e. The smallest absolute Gasteiger partial charge is 0.241 e. The summed E-state index contributed by atoms with van der Waals surface area (Å²) >= 11 is 1.40. The molecular formula is C29H25N3O3S. The van der Waals surface area contributed by atoms with Crippen LogP contribution < -0.4 is 14.4 Å². The molecule has 0 atom stereocenters. The predicted octanol–water partition coefficient (Wildman–Crippen LogP) is 6.07. The molecule has 0 aliphatic carbocycles. The lowest BCUT2D eigenvalue weighted by Crippen LogP contribution is -2.35. The molecule has 0 radical (unpaired) electrons. The molecule has 2 aromatic heterocycles. The molecule has 0 unspecified atom stereocenters. The fourth-order valence-electron chi connectivity index (χ4n) is 4.21. The number of amides is 1. The quantitative estimate of drug-likeness (QED) is 0.261. The Morgan fingerprint density at radius 3 is 2.03 bits per heavy atom. The van der Waals surface area contributed by atoms with Gasteiger partial charge in [0.05, 0.1) is 32.4 Å². The number of thiazole rings is 1. The number of rotatable bonds is 8. The molecule has 1 amide bonds. The van der Waals surface area contributed by atoms with Crippen molar-refractivity contribution in [2.45, 2.75) is 12.5 Å². The first-order chi connectivity index (χ1) is 17.7. The van der Waals surface area contributed by atoms with E-state index in [1.807, 2.05) is 91.0 Å². The Kier molecular flexibility index (Phi) is 6.91. The number of pyridine rings is 1. The van der Waals surface area contributed by atoms with E-state index in [2.05, 4.69) is 4.98 Å². The summed E-state index contributed by atoms with van der Waals surface area (Å²) in [5.41, 5.74) is 3.25. The molecule has 6 nitrogen and oxygen atoms in total. The zero-order valence-electron chi connectivity index (χ0n) is 20.0. The number of methoxy groups -OCH3 is 2. The Morgan fingerprint density at radius 2 is 1.44 bits per heavy atom. The van der Waals surface area contributed by atoms with Crippen LogP contribution in [0.25, 0.3) is 10.2 Å². The summed E-state index contributed by atoms with van der Waals surface area (Å²) < 4.78 is 12.0. The van der Waals surface area contributed by atoms with Crippen LogP contribution >= 0.6 is 11.3 Å². The number of ether oxygens (including phenoxy) is 2. The van der Waals surface area contributed by atoms with Crippen LogP contribution in [0.1, 0.15) is 22.7 Å². The number of fused-ring (bicyclic) bond motifs is 1. The van der Waals surface area contributed by atoms with Crippen LogP contribution in [0.3, 0.4) is 0 Å². The average molecular weight is 496 g/mol. The molecule has 3 aromatic carbocycles. The first-order valence-corrected chi connectivity index (χ1v) is 12.3. The highest BCUT2D eigenvalue weighted by Crippen LogP contribution is 2.41. The van der Waals surface area contributed by atoms with Gasteiger partial charge in [0.15, 0.2) is 5.13 Å². The number of nitrogens with zero attached hydrogens (tertiary/aromatic N) is 3. The summed E-state index contributed by atoms with van der Waals surface area (Å²) in [5.74, 6) is 0.714. The van der Waals surface area contributed by atoms with E-state index in [1.54, 1.807) is 25.3 Å². The molecule has 0 fully saturated rings. The minimum atomic E-state index is -0.507. The van der Waals surface area contributed by atoms with Crippen molar-refractivity contribution in [3.05, 3.63) is 114 Å². The molecule has 0 aliphatic rings. The molecule has 0 saturated heterocycles. The van der Waals surface area contributed by atoms with Gasteiger partial charge in [-0.05, 0) is 35.4 Å². The van der Waals surface area contributed by atoms with Gasteiger partial charge in [0, 0.05) is 6.20 Å². The normalized spacial score (nSPS) is 11.0. The maximum absolute atomic E-state index is 14.4. The van der Waals surface area contributed by atoms with Crippen molar-refractivity contribution < 1.29 is 14.3 Å². The standard InChI is InChI=1S/C29H25N3O3S/c1-34-23-16-17-24(35-2)27-26(23)31-29(36-27)32(19-22-15-9-10-18-30-22)28(33)25(20-11-5-3-6-12-20)21-13-7-4-8-14-21/h3-18,25H,19H2,1-2H3. The number of anilines is 1. The number of hydrogen-bond acceptors (Lipinski definition) is 6. The highest BCUT2D eigenvalue weighted by Gasteiger charge is 2.31. The van der Waals surface area contributed by atoms with Crippen LogP contribution in [0.5, 0.6) is 11.5 Å².